The van der Waals surface area contributed by atoms with E-state index in [-0.39, 0.29) is 11.8 Å². The summed E-state index contributed by atoms with van der Waals surface area (Å²) in [4.78, 5) is 0. The molecule has 1 aliphatic rings. The van der Waals surface area contributed by atoms with Gasteiger partial charge in [0.05, 0.1) is 17.4 Å². The van der Waals surface area contributed by atoms with Crippen LogP contribution in [0.5, 0.6) is 0 Å². The van der Waals surface area contributed by atoms with E-state index in [1.807, 2.05) is 6.07 Å². The van der Waals surface area contributed by atoms with Crippen molar-refractivity contribution < 1.29 is 8.42 Å². The van der Waals surface area contributed by atoms with Crippen LogP contribution in [0.2, 0.25) is 0 Å². The summed E-state index contributed by atoms with van der Waals surface area (Å²) >= 11 is 0. The first kappa shape index (κ1) is 16.0. The third kappa shape index (κ3) is 4.27. The Hall–Kier alpha value is -1.42. The van der Waals surface area contributed by atoms with Crippen LogP contribution in [0.1, 0.15) is 36.8 Å². The van der Waals surface area contributed by atoms with E-state index in [0.29, 0.717) is 23.6 Å². The quantitative estimate of drug-likeness (QED) is 0.832. The largest absolute Gasteiger partial charge is 0.329 e. The van der Waals surface area contributed by atoms with E-state index in [4.69, 9.17) is 11.0 Å². The number of benzene rings is 1. The number of nitrogens with two attached hydrogens (primary N) is 1. The van der Waals surface area contributed by atoms with Crippen molar-refractivity contribution in [2.75, 3.05) is 6.54 Å². The molecule has 1 atom stereocenters. The highest BCUT2D eigenvalue weighted by Gasteiger charge is 2.27. The second-order valence-corrected chi connectivity index (χ2v) is 7.29. The summed E-state index contributed by atoms with van der Waals surface area (Å²) in [7, 11) is -3.50. The summed E-state index contributed by atoms with van der Waals surface area (Å²) < 4.78 is 27.4. The number of hydrogen-bond acceptors (Lipinski definition) is 4. The van der Waals surface area contributed by atoms with Gasteiger partial charge in [-0.2, -0.15) is 5.26 Å². The van der Waals surface area contributed by atoms with E-state index < -0.39 is 10.0 Å². The molecular weight excluding hydrogens is 286 g/mol. The van der Waals surface area contributed by atoms with Gasteiger partial charge in [-0.1, -0.05) is 31.0 Å². The number of rotatable bonds is 6. The molecule has 1 aromatic rings. The van der Waals surface area contributed by atoms with E-state index in [2.05, 4.69) is 4.72 Å². The Kier molecular flexibility index (Phi) is 5.34. The van der Waals surface area contributed by atoms with E-state index >= 15 is 0 Å². The van der Waals surface area contributed by atoms with E-state index in [1.165, 1.54) is 0 Å². The van der Waals surface area contributed by atoms with Gasteiger partial charge in [0.1, 0.15) is 0 Å². The molecule has 1 aliphatic carbocycles. The number of nitriles is 1. The summed E-state index contributed by atoms with van der Waals surface area (Å²) in [5, 5.41) is 9.03. The highest BCUT2D eigenvalue weighted by Crippen LogP contribution is 2.28. The fraction of sp³-hybridized carbons (Fsp3) is 0.533. The maximum absolute atomic E-state index is 12.3. The zero-order valence-electron chi connectivity index (χ0n) is 12.0. The second-order valence-electron chi connectivity index (χ2n) is 5.53. The van der Waals surface area contributed by atoms with Crippen LogP contribution in [0.3, 0.4) is 0 Å². The third-order valence-electron chi connectivity index (χ3n) is 4.04. The van der Waals surface area contributed by atoms with Crippen molar-refractivity contribution in [3.05, 3.63) is 35.4 Å². The molecule has 1 aromatic carbocycles. The number of nitrogens with one attached hydrogen (secondary N) is 1. The summed E-state index contributed by atoms with van der Waals surface area (Å²) in [6.07, 6.45) is 4.33. The summed E-state index contributed by atoms with van der Waals surface area (Å²) in [6.45, 7) is 0.309. The molecule has 1 fully saturated rings. The fourth-order valence-corrected chi connectivity index (χ4v) is 4.42. The van der Waals surface area contributed by atoms with Crippen molar-refractivity contribution in [3.8, 4) is 6.07 Å². The molecule has 114 valence electrons. The average molecular weight is 307 g/mol. The van der Waals surface area contributed by atoms with E-state index in [1.54, 1.807) is 24.3 Å². The van der Waals surface area contributed by atoms with E-state index in [9.17, 15) is 8.42 Å². The second kappa shape index (κ2) is 7.03. The molecule has 1 unspecified atom stereocenters. The van der Waals surface area contributed by atoms with Gasteiger partial charge in [-0.15, -0.1) is 0 Å². The highest BCUT2D eigenvalue weighted by atomic mass is 32.2. The van der Waals surface area contributed by atoms with Crippen LogP contribution in [-0.2, 0) is 15.8 Å². The van der Waals surface area contributed by atoms with Gasteiger partial charge >= 0.3 is 0 Å². The summed E-state index contributed by atoms with van der Waals surface area (Å²) in [5.41, 5.74) is 6.65. The van der Waals surface area contributed by atoms with Crippen molar-refractivity contribution in [1.82, 2.24) is 4.72 Å². The summed E-state index contributed by atoms with van der Waals surface area (Å²) in [6, 6.07) is 8.58. The molecule has 0 amide bonds. The molecule has 0 spiro atoms. The molecule has 0 heterocycles. The lowest BCUT2D eigenvalue weighted by Gasteiger charge is -2.23. The van der Waals surface area contributed by atoms with Crippen molar-refractivity contribution in [2.45, 2.75) is 37.5 Å². The SMILES string of the molecule is N#Cc1ccccc1CS(=O)(=O)NC(CN)C1CCCC1. The van der Waals surface area contributed by atoms with Crippen LogP contribution in [0.4, 0.5) is 0 Å². The lowest BCUT2D eigenvalue weighted by atomic mass is 9.99. The Bertz CT molecular complexity index is 616. The first-order chi connectivity index (χ1) is 10.1. The average Bonchev–Trinajstić information content (AvgIpc) is 2.99. The zero-order chi connectivity index (χ0) is 15.3. The van der Waals surface area contributed by atoms with Gasteiger partial charge in [0.2, 0.25) is 10.0 Å². The predicted octanol–water partition coefficient (Wildman–Crippen LogP) is 1.50. The Morgan fingerprint density at radius 3 is 2.62 bits per heavy atom. The molecule has 0 aliphatic heterocycles. The van der Waals surface area contributed by atoms with Gasteiger partial charge in [0.15, 0.2) is 0 Å². The van der Waals surface area contributed by atoms with Gasteiger partial charge < -0.3 is 5.73 Å². The number of nitrogens with zero attached hydrogens (tertiary/aromatic N) is 1. The molecule has 0 aromatic heterocycles. The molecule has 0 saturated heterocycles. The topological polar surface area (TPSA) is 96.0 Å². The van der Waals surface area contributed by atoms with Crippen molar-refractivity contribution in [2.24, 2.45) is 11.7 Å². The number of sulfonamides is 1. The van der Waals surface area contributed by atoms with Crippen molar-refractivity contribution >= 4 is 10.0 Å². The van der Waals surface area contributed by atoms with Gasteiger partial charge in [0.25, 0.3) is 0 Å². The van der Waals surface area contributed by atoms with Crippen LogP contribution in [0, 0.1) is 17.2 Å². The standard InChI is InChI=1S/C15H21N3O2S/c16-9-13-7-3-4-8-14(13)11-21(19,20)18-15(10-17)12-5-1-2-6-12/h3-4,7-8,12,15,18H,1-2,5-6,10-11,17H2. The molecular formula is C15H21N3O2S. The Morgan fingerprint density at radius 2 is 2.00 bits per heavy atom. The molecule has 6 heteroatoms. The summed E-state index contributed by atoms with van der Waals surface area (Å²) in [5.74, 6) is 0.149. The maximum atomic E-state index is 12.3. The predicted molar refractivity (Wildman–Crippen MR) is 81.7 cm³/mol. The fourth-order valence-electron chi connectivity index (χ4n) is 2.93. The van der Waals surface area contributed by atoms with Crippen LogP contribution < -0.4 is 10.5 Å². The molecule has 3 N–H and O–H groups in total. The highest BCUT2D eigenvalue weighted by molar-refractivity contribution is 7.88. The van der Waals surface area contributed by atoms with Crippen LogP contribution in [0.15, 0.2) is 24.3 Å². The maximum Gasteiger partial charge on any atom is 0.216 e. The molecule has 21 heavy (non-hydrogen) atoms. The minimum atomic E-state index is -3.50. The minimum Gasteiger partial charge on any atom is -0.329 e. The normalized spacial score (nSPS) is 17.5. The van der Waals surface area contributed by atoms with Gasteiger partial charge in [-0.3, -0.25) is 0 Å². The third-order valence-corrected chi connectivity index (χ3v) is 5.39. The minimum absolute atomic E-state index is 0.181. The molecule has 1 saturated carbocycles. The van der Waals surface area contributed by atoms with Crippen LogP contribution in [-0.4, -0.2) is 21.0 Å². The molecule has 0 radical (unpaired) electrons. The lowest BCUT2D eigenvalue weighted by molar-refractivity contribution is 0.405. The molecule has 0 bridgehead atoms. The Labute approximate surface area is 126 Å². The van der Waals surface area contributed by atoms with Crippen LogP contribution >= 0.6 is 0 Å². The van der Waals surface area contributed by atoms with Gasteiger partial charge in [0, 0.05) is 12.6 Å². The van der Waals surface area contributed by atoms with Crippen molar-refractivity contribution in [1.29, 1.82) is 5.26 Å². The molecule has 5 nitrogen and oxygen atoms in total. The zero-order valence-corrected chi connectivity index (χ0v) is 12.8. The molecule has 2 rings (SSSR count). The first-order valence-electron chi connectivity index (χ1n) is 7.24. The van der Waals surface area contributed by atoms with Crippen LogP contribution in [0.25, 0.3) is 0 Å². The Balaban J connectivity index is 2.09. The monoisotopic (exact) mass is 307 g/mol. The van der Waals surface area contributed by atoms with E-state index in [0.717, 1.165) is 25.7 Å². The van der Waals surface area contributed by atoms with Gasteiger partial charge in [-0.25, -0.2) is 13.1 Å². The first-order valence-corrected chi connectivity index (χ1v) is 8.89. The lowest BCUT2D eigenvalue weighted by Crippen LogP contribution is -2.45. The van der Waals surface area contributed by atoms with Gasteiger partial charge in [-0.05, 0) is 30.4 Å². The smallest absolute Gasteiger partial charge is 0.216 e. The Morgan fingerprint density at radius 1 is 1.33 bits per heavy atom. The number of hydrogen-bond donors (Lipinski definition) is 2. The van der Waals surface area contributed by atoms with Crippen molar-refractivity contribution in [3.63, 3.8) is 0 Å².